The molecule has 0 radical (unpaired) electrons. The van der Waals surface area contributed by atoms with E-state index in [0.717, 1.165) is 5.56 Å². The number of nitrogens with zero attached hydrogens (tertiary/aromatic N) is 3. The Labute approximate surface area is 207 Å². The van der Waals surface area contributed by atoms with Gasteiger partial charge >= 0.3 is 0 Å². The molecule has 0 bridgehead atoms. The summed E-state index contributed by atoms with van der Waals surface area (Å²) in [6.45, 7) is 1.96. The van der Waals surface area contributed by atoms with E-state index in [1.165, 1.54) is 0 Å². The average molecular weight is 478 g/mol. The number of carbonyl (C=O) groups is 2. The molecule has 5 aromatic rings. The molecule has 178 valence electrons. The number of anilines is 1. The topological polar surface area (TPSA) is 110 Å². The standard InChI is InChI=1S/C28H23N5O3/c1-18-24(17-31-27(35)21-11-7-13-23-26(21)30-15-14-29-23)33-28(36-18)20-10-5-6-12-22(20)32-25(34)16-19-8-3-2-4-9-19/h2-15H,16-17H2,1H3,(H,31,35)(H,32,34). The van der Waals surface area contributed by atoms with E-state index in [2.05, 4.69) is 25.6 Å². The van der Waals surface area contributed by atoms with E-state index >= 15 is 0 Å². The fraction of sp³-hybridized carbons (Fsp3) is 0.107. The van der Waals surface area contributed by atoms with Crippen molar-refractivity contribution in [2.24, 2.45) is 0 Å². The Morgan fingerprint density at radius 3 is 2.53 bits per heavy atom. The lowest BCUT2D eigenvalue weighted by molar-refractivity contribution is -0.115. The van der Waals surface area contributed by atoms with Gasteiger partial charge in [0.2, 0.25) is 11.8 Å². The highest BCUT2D eigenvalue weighted by atomic mass is 16.4. The van der Waals surface area contributed by atoms with Gasteiger partial charge in [-0.3, -0.25) is 19.6 Å². The zero-order chi connectivity index (χ0) is 24.9. The van der Waals surface area contributed by atoms with Crippen LogP contribution in [0.2, 0.25) is 0 Å². The number of amides is 2. The molecule has 2 amide bonds. The molecule has 8 nitrogen and oxygen atoms in total. The van der Waals surface area contributed by atoms with Crippen LogP contribution in [0.1, 0.15) is 27.4 Å². The number of hydrogen-bond donors (Lipinski definition) is 2. The molecule has 0 spiro atoms. The maximum Gasteiger partial charge on any atom is 0.253 e. The van der Waals surface area contributed by atoms with Crippen molar-refractivity contribution in [3.63, 3.8) is 0 Å². The van der Waals surface area contributed by atoms with Gasteiger partial charge < -0.3 is 15.1 Å². The lowest BCUT2D eigenvalue weighted by Crippen LogP contribution is -2.23. The second-order valence-corrected chi connectivity index (χ2v) is 8.19. The van der Waals surface area contributed by atoms with Crippen molar-refractivity contribution in [1.29, 1.82) is 0 Å². The minimum Gasteiger partial charge on any atom is -0.441 e. The zero-order valence-corrected chi connectivity index (χ0v) is 19.6. The predicted molar refractivity (Wildman–Crippen MR) is 136 cm³/mol. The molecule has 0 aliphatic carbocycles. The number of carbonyl (C=O) groups excluding carboxylic acids is 2. The van der Waals surface area contributed by atoms with Gasteiger partial charge in [-0.25, -0.2) is 4.98 Å². The summed E-state index contributed by atoms with van der Waals surface area (Å²) >= 11 is 0. The normalized spacial score (nSPS) is 10.8. The van der Waals surface area contributed by atoms with E-state index < -0.39 is 0 Å². The summed E-state index contributed by atoms with van der Waals surface area (Å²) in [4.78, 5) is 38.6. The zero-order valence-electron chi connectivity index (χ0n) is 19.6. The van der Waals surface area contributed by atoms with Crippen LogP contribution < -0.4 is 10.6 Å². The van der Waals surface area contributed by atoms with Crippen LogP contribution in [0.15, 0.2) is 89.6 Å². The van der Waals surface area contributed by atoms with Crippen LogP contribution in [0.5, 0.6) is 0 Å². The minimum absolute atomic E-state index is 0.136. The first-order valence-electron chi connectivity index (χ1n) is 11.5. The Morgan fingerprint density at radius 1 is 0.889 bits per heavy atom. The highest BCUT2D eigenvalue weighted by molar-refractivity contribution is 6.04. The first-order valence-corrected chi connectivity index (χ1v) is 11.5. The fourth-order valence-corrected chi connectivity index (χ4v) is 3.90. The van der Waals surface area contributed by atoms with Gasteiger partial charge in [-0.2, -0.15) is 0 Å². The van der Waals surface area contributed by atoms with Gasteiger partial charge in [-0.15, -0.1) is 0 Å². The molecule has 0 saturated carbocycles. The molecule has 3 aromatic carbocycles. The smallest absolute Gasteiger partial charge is 0.253 e. The molecule has 36 heavy (non-hydrogen) atoms. The van der Waals surface area contributed by atoms with Crippen LogP contribution in [0.25, 0.3) is 22.5 Å². The van der Waals surface area contributed by atoms with Crippen LogP contribution in [0.3, 0.4) is 0 Å². The lowest BCUT2D eigenvalue weighted by atomic mass is 10.1. The van der Waals surface area contributed by atoms with Crippen molar-refractivity contribution >= 4 is 28.5 Å². The molecule has 0 aliphatic rings. The SMILES string of the molecule is Cc1oc(-c2ccccc2NC(=O)Cc2ccccc2)nc1CNC(=O)c1cccc2nccnc12. The highest BCUT2D eigenvalue weighted by Gasteiger charge is 2.18. The summed E-state index contributed by atoms with van der Waals surface area (Å²) in [7, 11) is 0. The summed E-state index contributed by atoms with van der Waals surface area (Å²) in [5.41, 5.74) is 4.40. The van der Waals surface area contributed by atoms with Gasteiger partial charge in [0.05, 0.1) is 35.3 Å². The van der Waals surface area contributed by atoms with Crippen molar-refractivity contribution in [2.75, 3.05) is 5.32 Å². The molecule has 0 atom stereocenters. The molecule has 5 rings (SSSR count). The fourth-order valence-electron chi connectivity index (χ4n) is 3.90. The summed E-state index contributed by atoms with van der Waals surface area (Å²) in [6.07, 6.45) is 3.41. The van der Waals surface area contributed by atoms with Crippen LogP contribution >= 0.6 is 0 Å². The number of oxazole rings is 1. The molecular weight excluding hydrogens is 454 g/mol. The Bertz CT molecular complexity index is 1540. The van der Waals surface area contributed by atoms with Gasteiger partial charge in [0.15, 0.2) is 0 Å². The largest absolute Gasteiger partial charge is 0.441 e. The van der Waals surface area contributed by atoms with Gasteiger partial charge in [0.1, 0.15) is 17.0 Å². The van der Waals surface area contributed by atoms with E-state index in [-0.39, 0.29) is 24.8 Å². The molecule has 2 N–H and O–H groups in total. The van der Waals surface area contributed by atoms with Crippen LogP contribution in [0, 0.1) is 6.92 Å². The number of aromatic nitrogens is 3. The molecule has 2 aromatic heterocycles. The van der Waals surface area contributed by atoms with Crippen molar-refractivity contribution < 1.29 is 14.0 Å². The van der Waals surface area contributed by atoms with Crippen molar-refractivity contribution in [2.45, 2.75) is 19.9 Å². The van der Waals surface area contributed by atoms with Crippen LogP contribution in [-0.4, -0.2) is 26.8 Å². The van der Waals surface area contributed by atoms with E-state index in [1.54, 1.807) is 37.5 Å². The number of nitrogens with one attached hydrogen (secondary N) is 2. The van der Waals surface area contributed by atoms with Gasteiger partial charge in [0, 0.05) is 12.4 Å². The number of aryl methyl sites for hydroxylation is 1. The predicted octanol–water partition coefficient (Wildman–Crippen LogP) is 4.70. The second-order valence-electron chi connectivity index (χ2n) is 8.19. The third-order valence-electron chi connectivity index (χ3n) is 5.69. The number of rotatable bonds is 7. The number of para-hydroxylation sites is 2. The molecule has 0 fully saturated rings. The Balaban J connectivity index is 1.31. The number of hydrogen-bond acceptors (Lipinski definition) is 6. The number of fused-ring (bicyclic) bond motifs is 1. The van der Waals surface area contributed by atoms with Crippen LogP contribution in [0.4, 0.5) is 5.69 Å². The Morgan fingerprint density at radius 2 is 1.67 bits per heavy atom. The third kappa shape index (κ3) is 4.97. The molecule has 2 heterocycles. The highest BCUT2D eigenvalue weighted by Crippen LogP contribution is 2.29. The van der Waals surface area contributed by atoms with Crippen molar-refractivity contribution in [3.05, 3.63) is 108 Å². The summed E-state index contributed by atoms with van der Waals surface area (Å²) in [6, 6.07) is 22.2. The maximum absolute atomic E-state index is 12.9. The van der Waals surface area contributed by atoms with Gasteiger partial charge in [-0.1, -0.05) is 48.5 Å². The lowest BCUT2D eigenvalue weighted by Gasteiger charge is -2.09. The monoisotopic (exact) mass is 477 g/mol. The van der Waals surface area contributed by atoms with E-state index in [4.69, 9.17) is 4.42 Å². The van der Waals surface area contributed by atoms with E-state index in [1.807, 2.05) is 54.6 Å². The quantitative estimate of drug-likeness (QED) is 0.351. The average Bonchev–Trinajstić information content (AvgIpc) is 3.27. The van der Waals surface area contributed by atoms with Crippen molar-refractivity contribution in [3.8, 4) is 11.5 Å². The second kappa shape index (κ2) is 10.2. The van der Waals surface area contributed by atoms with Crippen LogP contribution in [-0.2, 0) is 17.8 Å². The molecule has 0 unspecified atom stereocenters. The summed E-state index contributed by atoms with van der Waals surface area (Å²) < 4.78 is 5.91. The maximum atomic E-state index is 12.9. The van der Waals surface area contributed by atoms with E-state index in [0.29, 0.717) is 45.2 Å². The van der Waals surface area contributed by atoms with Gasteiger partial charge in [0.25, 0.3) is 5.91 Å². The number of benzene rings is 3. The Kier molecular flexibility index (Phi) is 6.48. The summed E-state index contributed by atoms with van der Waals surface area (Å²) in [5, 5.41) is 5.84. The summed E-state index contributed by atoms with van der Waals surface area (Å²) in [5.74, 6) is 0.526. The van der Waals surface area contributed by atoms with E-state index in [9.17, 15) is 9.59 Å². The first kappa shape index (κ1) is 22.9. The first-order chi connectivity index (χ1) is 17.6. The molecule has 0 saturated heterocycles. The minimum atomic E-state index is -0.279. The third-order valence-corrected chi connectivity index (χ3v) is 5.69. The molecular formula is C28H23N5O3. The van der Waals surface area contributed by atoms with Crippen molar-refractivity contribution in [1.82, 2.24) is 20.3 Å². The van der Waals surface area contributed by atoms with Gasteiger partial charge in [-0.05, 0) is 36.8 Å². The molecule has 0 aliphatic heterocycles. The Hall–Kier alpha value is -4.85. The molecule has 8 heteroatoms.